The Labute approximate surface area is 165 Å². The molecule has 3 rings (SSSR count). The number of esters is 2. The molecule has 1 heterocycles. The molecule has 28 heavy (non-hydrogen) atoms. The number of hydrogen-bond donors (Lipinski definition) is 2. The van der Waals surface area contributed by atoms with Crippen LogP contribution < -0.4 is 5.32 Å². The highest BCUT2D eigenvalue weighted by Gasteiger charge is 2.42. The van der Waals surface area contributed by atoms with Gasteiger partial charge < -0.3 is 19.8 Å². The lowest BCUT2D eigenvalue weighted by Gasteiger charge is -2.28. The van der Waals surface area contributed by atoms with Gasteiger partial charge in [0, 0.05) is 11.7 Å². The number of amides is 1. The van der Waals surface area contributed by atoms with Crippen LogP contribution in [-0.4, -0.2) is 42.1 Å². The van der Waals surface area contributed by atoms with Gasteiger partial charge in [0.2, 0.25) is 0 Å². The first-order valence-corrected chi connectivity index (χ1v) is 10.1. The largest absolute Gasteiger partial charge is 0.462 e. The summed E-state index contributed by atoms with van der Waals surface area (Å²) in [6.45, 7) is 7.03. The average Bonchev–Trinajstić information content (AvgIpc) is 3.34. The highest BCUT2D eigenvalue weighted by molar-refractivity contribution is 5.99. The second-order valence-electron chi connectivity index (χ2n) is 8.12. The molecule has 7 heteroatoms. The summed E-state index contributed by atoms with van der Waals surface area (Å²) in [5, 5.41) is 2.98. The molecule has 2 saturated carbocycles. The molecule has 0 aliphatic heterocycles. The van der Waals surface area contributed by atoms with E-state index in [9.17, 15) is 14.4 Å². The van der Waals surface area contributed by atoms with E-state index in [0.717, 1.165) is 5.92 Å². The fourth-order valence-corrected chi connectivity index (χ4v) is 4.98. The van der Waals surface area contributed by atoms with Gasteiger partial charge in [-0.25, -0.2) is 9.59 Å². The monoisotopic (exact) mass is 390 g/mol. The molecule has 2 fully saturated rings. The standard InChI is InChI=1S/C21H30N2O5/c1-5-27-20(25)18-11(2)19(23-13(18)4)21(26)28-10-17(24)22-12(3)16-9-14-6-7-15(16)8-14/h12,14-16,23H,5-10H2,1-4H3,(H,22,24)/t12-,14-,15-,16+/m0/s1. The SMILES string of the molecule is CCOC(=O)c1c(C)[nH]c(C(=O)OCC(=O)N[C@@H](C)[C@H]2C[C@H]3CC[C@H]2C3)c1C. The van der Waals surface area contributed by atoms with E-state index < -0.39 is 11.9 Å². The lowest BCUT2D eigenvalue weighted by molar-refractivity contribution is -0.125. The van der Waals surface area contributed by atoms with Crippen LogP contribution in [0.5, 0.6) is 0 Å². The predicted molar refractivity (Wildman–Crippen MR) is 103 cm³/mol. The number of rotatable bonds is 7. The zero-order valence-corrected chi connectivity index (χ0v) is 17.1. The van der Waals surface area contributed by atoms with Crippen molar-refractivity contribution < 1.29 is 23.9 Å². The minimum Gasteiger partial charge on any atom is -0.462 e. The topological polar surface area (TPSA) is 97.5 Å². The van der Waals surface area contributed by atoms with Gasteiger partial charge in [-0.3, -0.25) is 4.79 Å². The van der Waals surface area contributed by atoms with Crippen LogP contribution in [0.3, 0.4) is 0 Å². The molecule has 2 N–H and O–H groups in total. The summed E-state index contributed by atoms with van der Waals surface area (Å²) >= 11 is 0. The maximum atomic E-state index is 12.4. The van der Waals surface area contributed by atoms with E-state index in [1.807, 2.05) is 6.92 Å². The van der Waals surface area contributed by atoms with Crippen LogP contribution in [0.1, 0.15) is 71.6 Å². The van der Waals surface area contributed by atoms with E-state index in [4.69, 9.17) is 9.47 Å². The van der Waals surface area contributed by atoms with Crippen molar-refractivity contribution in [3.05, 3.63) is 22.5 Å². The van der Waals surface area contributed by atoms with Crippen molar-refractivity contribution in [3.63, 3.8) is 0 Å². The van der Waals surface area contributed by atoms with Gasteiger partial charge >= 0.3 is 11.9 Å². The van der Waals surface area contributed by atoms with Crippen LogP contribution in [0, 0.1) is 31.6 Å². The second-order valence-corrected chi connectivity index (χ2v) is 8.12. The number of H-pyrrole nitrogens is 1. The Morgan fingerprint density at radius 2 is 1.89 bits per heavy atom. The van der Waals surface area contributed by atoms with E-state index in [0.29, 0.717) is 28.7 Å². The Balaban J connectivity index is 1.53. The lowest BCUT2D eigenvalue weighted by Crippen LogP contribution is -2.42. The fourth-order valence-electron chi connectivity index (χ4n) is 4.98. The Bertz CT molecular complexity index is 769. The van der Waals surface area contributed by atoms with Crippen LogP contribution in [0.4, 0.5) is 0 Å². The molecule has 1 aromatic heterocycles. The molecule has 0 spiro atoms. The molecule has 1 amide bonds. The van der Waals surface area contributed by atoms with Crippen LogP contribution in [0.25, 0.3) is 0 Å². The quantitative estimate of drug-likeness (QED) is 0.698. The van der Waals surface area contributed by atoms with Crippen molar-refractivity contribution in [1.82, 2.24) is 10.3 Å². The third kappa shape index (κ3) is 4.08. The van der Waals surface area contributed by atoms with Crippen molar-refractivity contribution in [1.29, 1.82) is 0 Å². The molecule has 1 aromatic rings. The Morgan fingerprint density at radius 3 is 2.50 bits per heavy atom. The van der Waals surface area contributed by atoms with Gasteiger partial charge in [0.1, 0.15) is 5.69 Å². The molecule has 0 radical (unpaired) electrons. The molecule has 0 saturated heterocycles. The summed E-state index contributed by atoms with van der Waals surface area (Å²) in [7, 11) is 0. The molecule has 7 nitrogen and oxygen atoms in total. The van der Waals surface area contributed by atoms with Gasteiger partial charge in [0.25, 0.3) is 5.91 Å². The van der Waals surface area contributed by atoms with Gasteiger partial charge in [-0.2, -0.15) is 0 Å². The third-order valence-corrected chi connectivity index (χ3v) is 6.28. The minimum atomic E-state index is -0.654. The first-order valence-electron chi connectivity index (χ1n) is 10.1. The Hall–Kier alpha value is -2.31. The van der Waals surface area contributed by atoms with Crippen LogP contribution in [-0.2, 0) is 14.3 Å². The Kier molecular flexibility index (Phi) is 6.10. The summed E-state index contributed by atoms with van der Waals surface area (Å²) in [5.41, 5.74) is 1.52. The fraction of sp³-hybridized carbons (Fsp3) is 0.667. The van der Waals surface area contributed by atoms with Crippen molar-refractivity contribution in [2.24, 2.45) is 17.8 Å². The Morgan fingerprint density at radius 1 is 1.14 bits per heavy atom. The zero-order valence-electron chi connectivity index (χ0n) is 17.1. The number of ether oxygens (including phenoxy) is 2. The number of aromatic amines is 1. The van der Waals surface area contributed by atoms with Gasteiger partial charge in [0.15, 0.2) is 6.61 Å². The molecular weight excluding hydrogens is 360 g/mol. The number of carbonyl (C=O) groups excluding carboxylic acids is 3. The summed E-state index contributed by atoms with van der Waals surface area (Å²) in [6.07, 6.45) is 5.05. The molecule has 0 unspecified atom stereocenters. The second kappa shape index (κ2) is 8.37. The summed E-state index contributed by atoms with van der Waals surface area (Å²) in [5.74, 6) is 0.631. The highest BCUT2D eigenvalue weighted by Crippen LogP contribution is 2.49. The summed E-state index contributed by atoms with van der Waals surface area (Å²) in [4.78, 5) is 39.5. The van der Waals surface area contributed by atoms with E-state index in [1.165, 1.54) is 25.7 Å². The molecular formula is C21H30N2O5. The van der Waals surface area contributed by atoms with E-state index in [2.05, 4.69) is 10.3 Å². The number of hydrogen-bond acceptors (Lipinski definition) is 5. The minimum absolute atomic E-state index is 0.0892. The first kappa shape index (κ1) is 20.4. The van der Waals surface area contributed by atoms with Crippen molar-refractivity contribution in [2.75, 3.05) is 13.2 Å². The summed E-state index contributed by atoms with van der Waals surface area (Å²) in [6, 6.07) is 0.0892. The van der Waals surface area contributed by atoms with Gasteiger partial charge in [-0.05, 0) is 70.3 Å². The molecule has 4 atom stereocenters. The zero-order chi connectivity index (χ0) is 20.4. The van der Waals surface area contributed by atoms with E-state index in [1.54, 1.807) is 20.8 Å². The van der Waals surface area contributed by atoms with Gasteiger partial charge in [-0.15, -0.1) is 0 Å². The number of aromatic nitrogens is 1. The number of carbonyl (C=O) groups is 3. The first-order chi connectivity index (χ1) is 13.3. The molecule has 154 valence electrons. The predicted octanol–water partition coefficient (Wildman–Crippen LogP) is 2.91. The van der Waals surface area contributed by atoms with E-state index in [-0.39, 0.29) is 30.9 Å². The van der Waals surface area contributed by atoms with E-state index >= 15 is 0 Å². The molecule has 0 aromatic carbocycles. The van der Waals surface area contributed by atoms with Crippen LogP contribution in [0.15, 0.2) is 0 Å². The van der Waals surface area contributed by atoms with Crippen molar-refractivity contribution in [2.45, 2.75) is 59.4 Å². The maximum Gasteiger partial charge on any atom is 0.355 e. The molecule has 2 bridgehead atoms. The maximum absolute atomic E-state index is 12.4. The van der Waals surface area contributed by atoms with Gasteiger partial charge in [0.05, 0.1) is 12.2 Å². The van der Waals surface area contributed by atoms with Crippen LogP contribution >= 0.6 is 0 Å². The number of fused-ring (bicyclic) bond motifs is 2. The molecule has 2 aliphatic rings. The lowest BCUT2D eigenvalue weighted by atomic mass is 9.84. The number of nitrogens with one attached hydrogen (secondary N) is 2. The van der Waals surface area contributed by atoms with Crippen molar-refractivity contribution in [3.8, 4) is 0 Å². The van der Waals surface area contributed by atoms with Crippen LogP contribution in [0.2, 0.25) is 0 Å². The number of aryl methyl sites for hydroxylation is 1. The highest BCUT2D eigenvalue weighted by atomic mass is 16.5. The smallest absolute Gasteiger partial charge is 0.355 e. The van der Waals surface area contributed by atoms with Crippen molar-refractivity contribution >= 4 is 17.8 Å². The normalized spacial score (nSPS) is 24.1. The summed E-state index contributed by atoms with van der Waals surface area (Å²) < 4.78 is 10.2. The average molecular weight is 390 g/mol. The molecule has 2 aliphatic carbocycles. The van der Waals surface area contributed by atoms with Gasteiger partial charge in [-0.1, -0.05) is 6.42 Å². The third-order valence-electron chi connectivity index (χ3n) is 6.28.